The van der Waals surface area contributed by atoms with Crippen molar-refractivity contribution in [3.63, 3.8) is 0 Å². The van der Waals surface area contributed by atoms with E-state index in [1.165, 1.54) is 5.69 Å². The molecule has 1 saturated heterocycles. The van der Waals surface area contributed by atoms with Crippen LogP contribution in [0.2, 0.25) is 0 Å². The van der Waals surface area contributed by atoms with Crippen LogP contribution in [0.25, 0.3) is 0 Å². The lowest BCUT2D eigenvalue weighted by molar-refractivity contribution is -0.177. The number of rotatable bonds is 3. The standard InChI is InChI=1S/C13H9F3INO3.C7H10N2/c14-13(15,16)11(20)9-5-6-18(12(21)10(9)19)8-3-1-7(17)2-4-8;1-9(2)7-3-5-8-6-4-7/h1-4,9H,5-6H2;3-6H,1-2H3. The van der Waals surface area contributed by atoms with Gasteiger partial charge in [-0.05, 0) is 65.4 Å². The Labute approximate surface area is 185 Å². The van der Waals surface area contributed by atoms with Gasteiger partial charge in [-0.1, -0.05) is 0 Å². The minimum absolute atomic E-state index is 0.0996. The molecule has 160 valence electrons. The SMILES string of the molecule is CN(C)c1ccncc1.O=C1C(=O)N(c2ccc(I)cc2)CCC1C(=O)C(F)(F)F. The number of pyridine rings is 1. The first-order valence-electron chi connectivity index (χ1n) is 8.82. The second kappa shape index (κ2) is 10.0. The fourth-order valence-corrected chi connectivity index (χ4v) is 3.09. The minimum atomic E-state index is -5.11. The predicted octanol–water partition coefficient (Wildman–Crippen LogP) is 3.49. The number of piperidine rings is 1. The summed E-state index contributed by atoms with van der Waals surface area (Å²) < 4.78 is 38.0. The molecule has 2 aromatic rings. The summed E-state index contributed by atoms with van der Waals surface area (Å²) in [5.41, 5.74) is 1.61. The van der Waals surface area contributed by atoms with E-state index in [-0.39, 0.29) is 13.0 Å². The molecular formula is C20H19F3IN3O3. The molecule has 0 radical (unpaired) electrons. The largest absolute Gasteiger partial charge is 0.450 e. The van der Waals surface area contributed by atoms with Gasteiger partial charge in [0.15, 0.2) is 0 Å². The van der Waals surface area contributed by atoms with Crippen molar-refractivity contribution in [1.29, 1.82) is 0 Å². The first-order chi connectivity index (χ1) is 14.0. The number of alkyl halides is 3. The summed E-state index contributed by atoms with van der Waals surface area (Å²) in [6.45, 7) is -0.0996. The number of benzene rings is 1. The van der Waals surface area contributed by atoms with Gasteiger partial charge in [-0.25, -0.2) is 0 Å². The van der Waals surface area contributed by atoms with Gasteiger partial charge in [0.2, 0.25) is 11.6 Å². The lowest BCUT2D eigenvalue weighted by atomic mass is 9.90. The average molecular weight is 533 g/mol. The highest BCUT2D eigenvalue weighted by molar-refractivity contribution is 14.1. The topological polar surface area (TPSA) is 70.6 Å². The van der Waals surface area contributed by atoms with Crippen LogP contribution in [-0.4, -0.2) is 49.3 Å². The number of hydrogen-bond acceptors (Lipinski definition) is 5. The summed E-state index contributed by atoms with van der Waals surface area (Å²) in [4.78, 5) is 41.8. The maximum atomic E-state index is 12.4. The van der Waals surface area contributed by atoms with Crippen LogP contribution in [0.15, 0.2) is 48.8 Å². The molecule has 0 N–H and O–H groups in total. The molecule has 3 rings (SSSR count). The zero-order valence-electron chi connectivity index (χ0n) is 16.2. The number of ketones is 2. The van der Waals surface area contributed by atoms with Crippen molar-refractivity contribution in [2.24, 2.45) is 5.92 Å². The first kappa shape index (κ1) is 23.8. The predicted molar refractivity (Wildman–Crippen MR) is 114 cm³/mol. The molecular weight excluding hydrogens is 514 g/mol. The smallest absolute Gasteiger partial charge is 0.378 e. The lowest BCUT2D eigenvalue weighted by Gasteiger charge is -2.30. The van der Waals surface area contributed by atoms with Gasteiger partial charge < -0.3 is 9.80 Å². The van der Waals surface area contributed by atoms with Crippen molar-refractivity contribution < 1.29 is 27.6 Å². The molecule has 6 nitrogen and oxygen atoms in total. The lowest BCUT2D eigenvalue weighted by Crippen LogP contribution is -2.50. The molecule has 1 fully saturated rings. The number of amides is 1. The van der Waals surface area contributed by atoms with Gasteiger partial charge >= 0.3 is 6.18 Å². The molecule has 1 amide bonds. The van der Waals surface area contributed by atoms with Crippen LogP contribution in [0.5, 0.6) is 0 Å². The van der Waals surface area contributed by atoms with Gasteiger partial charge in [0.05, 0.1) is 5.92 Å². The molecule has 1 atom stereocenters. The van der Waals surface area contributed by atoms with E-state index in [2.05, 4.69) is 27.6 Å². The van der Waals surface area contributed by atoms with Crippen molar-refractivity contribution in [2.45, 2.75) is 12.6 Å². The van der Waals surface area contributed by atoms with E-state index in [0.717, 1.165) is 8.47 Å². The van der Waals surface area contributed by atoms with Gasteiger partial charge in [0.25, 0.3) is 5.91 Å². The zero-order valence-corrected chi connectivity index (χ0v) is 18.3. The van der Waals surface area contributed by atoms with Crippen LogP contribution >= 0.6 is 22.6 Å². The van der Waals surface area contributed by atoms with E-state index in [1.807, 2.05) is 31.1 Å². The molecule has 10 heteroatoms. The Morgan fingerprint density at radius 3 is 2.13 bits per heavy atom. The third-order valence-corrected chi connectivity index (χ3v) is 5.05. The number of hydrogen-bond donors (Lipinski definition) is 0. The molecule has 1 aromatic carbocycles. The van der Waals surface area contributed by atoms with Crippen molar-refractivity contribution in [2.75, 3.05) is 30.4 Å². The third kappa shape index (κ3) is 6.00. The maximum Gasteiger partial charge on any atom is 0.450 e. The van der Waals surface area contributed by atoms with E-state index in [1.54, 1.807) is 36.7 Å². The number of carbonyl (C=O) groups is 3. The highest BCUT2D eigenvalue weighted by atomic mass is 127. The second-order valence-corrected chi connectivity index (χ2v) is 7.85. The molecule has 1 unspecified atom stereocenters. The number of Topliss-reactive ketones (excluding diaryl/α,β-unsaturated/α-hetero) is 2. The number of nitrogens with zero attached hydrogens (tertiary/aromatic N) is 3. The molecule has 0 aliphatic carbocycles. The molecule has 1 aliphatic rings. The Morgan fingerprint density at radius 1 is 1.10 bits per heavy atom. The Morgan fingerprint density at radius 2 is 1.67 bits per heavy atom. The molecule has 0 bridgehead atoms. The first-order valence-corrected chi connectivity index (χ1v) is 9.90. The summed E-state index contributed by atoms with van der Waals surface area (Å²) in [5, 5.41) is 0. The van der Waals surface area contributed by atoms with E-state index in [9.17, 15) is 27.6 Å². The quantitative estimate of drug-likeness (QED) is 0.344. The van der Waals surface area contributed by atoms with Gasteiger partial charge in [-0.2, -0.15) is 13.2 Å². The van der Waals surface area contributed by atoms with Crippen LogP contribution in [-0.2, 0) is 14.4 Å². The highest BCUT2D eigenvalue weighted by Crippen LogP contribution is 2.29. The summed E-state index contributed by atoms with van der Waals surface area (Å²) in [5.74, 6) is -6.45. The molecule has 2 heterocycles. The van der Waals surface area contributed by atoms with Crippen LogP contribution in [0.3, 0.4) is 0 Å². The number of carbonyl (C=O) groups excluding carboxylic acids is 3. The second-order valence-electron chi connectivity index (χ2n) is 6.60. The maximum absolute atomic E-state index is 12.4. The van der Waals surface area contributed by atoms with Gasteiger partial charge in [0.1, 0.15) is 0 Å². The Balaban J connectivity index is 0.000000297. The van der Waals surface area contributed by atoms with Crippen LogP contribution < -0.4 is 9.80 Å². The normalized spacial score (nSPS) is 16.6. The Kier molecular flexibility index (Phi) is 7.93. The molecule has 30 heavy (non-hydrogen) atoms. The van der Waals surface area contributed by atoms with E-state index in [4.69, 9.17) is 0 Å². The van der Waals surface area contributed by atoms with E-state index >= 15 is 0 Å². The summed E-state index contributed by atoms with van der Waals surface area (Å²) >= 11 is 2.06. The molecule has 0 saturated carbocycles. The van der Waals surface area contributed by atoms with Crippen molar-refractivity contribution in [3.8, 4) is 0 Å². The van der Waals surface area contributed by atoms with Gasteiger partial charge in [-0.15, -0.1) is 0 Å². The number of aromatic nitrogens is 1. The van der Waals surface area contributed by atoms with Crippen molar-refractivity contribution >= 4 is 51.4 Å². The van der Waals surface area contributed by atoms with Gasteiger partial charge in [0, 0.05) is 48.0 Å². The van der Waals surface area contributed by atoms with Gasteiger partial charge in [-0.3, -0.25) is 19.4 Å². The minimum Gasteiger partial charge on any atom is -0.378 e. The fourth-order valence-electron chi connectivity index (χ4n) is 2.73. The summed E-state index contributed by atoms with van der Waals surface area (Å²) in [7, 11) is 4.02. The number of anilines is 2. The average Bonchev–Trinajstić information content (AvgIpc) is 2.71. The van der Waals surface area contributed by atoms with Crippen molar-refractivity contribution in [3.05, 3.63) is 52.4 Å². The fraction of sp³-hybridized carbons (Fsp3) is 0.300. The molecule has 1 aliphatic heterocycles. The Hall–Kier alpha value is -2.50. The van der Waals surface area contributed by atoms with Crippen LogP contribution in [0.4, 0.5) is 24.5 Å². The monoisotopic (exact) mass is 533 g/mol. The molecule has 1 aromatic heterocycles. The highest BCUT2D eigenvalue weighted by Gasteiger charge is 2.50. The van der Waals surface area contributed by atoms with Crippen molar-refractivity contribution in [1.82, 2.24) is 4.98 Å². The van der Waals surface area contributed by atoms with Crippen LogP contribution in [0, 0.1) is 9.49 Å². The molecule has 0 spiro atoms. The van der Waals surface area contributed by atoms with Crippen LogP contribution in [0.1, 0.15) is 6.42 Å². The summed E-state index contributed by atoms with van der Waals surface area (Å²) in [6, 6.07) is 10.6. The third-order valence-electron chi connectivity index (χ3n) is 4.33. The number of halogens is 4. The summed E-state index contributed by atoms with van der Waals surface area (Å²) in [6.07, 6.45) is -1.86. The van der Waals surface area contributed by atoms with E-state index in [0.29, 0.717) is 5.69 Å². The zero-order chi connectivity index (χ0) is 22.5. The van der Waals surface area contributed by atoms with E-state index < -0.39 is 29.6 Å². The Bertz CT molecular complexity index is 903.